The first kappa shape index (κ1) is 21.2. The Labute approximate surface area is 155 Å². The van der Waals surface area contributed by atoms with Gasteiger partial charge in [0.1, 0.15) is 11.4 Å². The Bertz CT molecular complexity index is 929. The molecule has 0 aliphatic carbocycles. The first-order chi connectivity index (χ1) is 12.3. The van der Waals surface area contributed by atoms with Gasteiger partial charge in [-0.3, -0.25) is 4.72 Å². The number of rotatable bonds is 5. The van der Waals surface area contributed by atoms with Crippen LogP contribution in [0, 0.1) is 0 Å². The van der Waals surface area contributed by atoms with Crippen molar-refractivity contribution in [3.8, 4) is 0 Å². The zero-order chi connectivity index (χ0) is 20.5. The zero-order valence-corrected chi connectivity index (χ0v) is 14.7. The second kappa shape index (κ2) is 7.47. The maximum absolute atomic E-state index is 12.8. The number of para-hydroxylation sites is 2. The van der Waals surface area contributed by atoms with E-state index in [1.54, 1.807) is 0 Å². The van der Waals surface area contributed by atoms with E-state index >= 15 is 0 Å². The molecule has 0 heterocycles. The van der Waals surface area contributed by atoms with E-state index in [2.05, 4.69) is 0 Å². The second-order valence-corrected chi connectivity index (χ2v) is 7.32. The molecule has 0 atom stereocenters. The average Bonchev–Trinajstić information content (AvgIpc) is 2.52. The summed E-state index contributed by atoms with van der Waals surface area (Å²) in [5, 5.41) is 1.54. The highest BCUT2D eigenvalue weighted by Crippen LogP contribution is 2.34. The number of hydrogen-bond acceptors (Lipinski definition) is 3. The van der Waals surface area contributed by atoms with Crippen LogP contribution in [0.4, 0.5) is 37.7 Å². The third kappa shape index (κ3) is 5.67. The quantitative estimate of drug-likeness (QED) is 0.644. The first-order valence-electron chi connectivity index (χ1n) is 7.09. The number of sulfonamides is 1. The highest BCUT2D eigenvalue weighted by Gasteiger charge is 2.33. The SMILES string of the molecule is O=S(=O)(Nc1ccccc1NCC(F)(F)F)c1cc(C(F)(F)F)ccc1Cl. The lowest BCUT2D eigenvalue weighted by molar-refractivity contribution is -0.137. The standard InChI is InChI=1S/C15H11ClF6N2O2S/c16-10-6-5-9(15(20,21)22)7-13(10)27(25,26)24-12-4-2-1-3-11(12)23-8-14(17,18)19/h1-7,23-24H,8H2. The summed E-state index contributed by atoms with van der Waals surface area (Å²) < 4.78 is 102. The van der Waals surface area contributed by atoms with Crippen LogP contribution < -0.4 is 10.0 Å². The fourth-order valence-electron chi connectivity index (χ4n) is 2.01. The Hall–Kier alpha value is -2.14. The highest BCUT2D eigenvalue weighted by atomic mass is 35.5. The van der Waals surface area contributed by atoms with Crippen LogP contribution in [0.5, 0.6) is 0 Å². The molecule has 2 aromatic rings. The van der Waals surface area contributed by atoms with Crippen LogP contribution in [-0.2, 0) is 16.2 Å². The van der Waals surface area contributed by atoms with Crippen LogP contribution in [-0.4, -0.2) is 21.1 Å². The monoisotopic (exact) mass is 432 g/mol. The lowest BCUT2D eigenvalue weighted by Crippen LogP contribution is -2.22. The number of alkyl halides is 6. The van der Waals surface area contributed by atoms with E-state index in [4.69, 9.17) is 11.6 Å². The molecule has 27 heavy (non-hydrogen) atoms. The number of halogens is 7. The van der Waals surface area contributed by atoms with Gasteiger partial charge in [0.05, 0.1) is 22.0 Å². The molecule has 2 rings (SSSR count). The van der Waals surface area contributed by atoms with Gasteiger partial charge in [-0.1, -0.05) is 23.7 Å². The van der Waals surface area contributed by atoms with Gasteiger partial charge in [0.25, 0.3) is 10.0 Å². The van der Waals surface area contributed by atoms with E-state index < -0.39 is 44.4 Å². The molecule has 0 spiro atoms. The van der Waals surface area contributed by atoms with Crippen molar-refractivity contribution in [1.29, 1.82) is 0 Å². The molecule has 0 unspecified atom stereocenters. The van der Waals surface area contributed by atoms with E-state index in [1.807, 2.05) is 10.0 Å². The van der Waals surface area contributed by atoms with Crippen molar-refractivity contribution < 1.29 is 34.8 Å². The third-order valence-corrected chi connectivity index (χ3v) is 5.05. The smallest absolute Gasteiger partial charge is 0.375 e. The Morgan fingerprint density at radius 2 is 1.52 bits per heavy atom. The minimum absolute atomic E-state index is 0.207. The molecule has 0 aromatic heterocycles. The van der Waals surface area contributed by atoms with E-state index in [1.165, 1.54) is 18.2 Å². The van der Waals surface area contributed by atoms with E-state index in [0.29, 0.717) is 12.1 Å². The van der Waals surface area contributed by atoms with Crippen molar-refractivity contribution in [3.63, 3.8) is 0 Å². The van der Waals surface area contributed by atoms with Gasteiger partial charge in [0.2, 0.25) is 0 Å². The molecule has 0 radical (unpaired) electrons. The molecule has 148 valence electrons. The van der Waals surface area contributed by atoms with Gasteiger partial charge in [-0.2, -0.15) is 26.3 Å². The summed E-state index contributed by atoms with van der Waals surface area (Å²) in [7, 11) is -4.61. The van der Waals surface area contributed by atoms with Crippen LogP contribution in [0.3, 0.4) is 0 Å². The summed E-state index contributed by atoms with van der Waals surface area (Å²) in [4.78, 5) is -0.857. The molecule has 0 aliphatic rings. The Kier molecular flexibility index (Phi) is 5.85. The number of benzene rings is 2. The van der Waals surface area contributed by atoms with Gasteiger partial charge in [0, 0.05) is 0 Å². The molecule has 12 heteroatoms. The average molecular weight is 433 g/mol. The van der Waals surface area contributed by atoms with Gasteiger partial charge in [-0.25, -0.2) is 8.42 Å². The lowest BCUT2D eigenvalue weighted by atomic mass is 10.2. The minimum atomic E-state index is -4.80. The molecule has 0 amide bonds. The van der Waals surface area contributed by atoms with Crippen molar-refractivity contribution >= 4 is 33.0 Å². The van der Waals surface area contributed by atoms with E-state index in [-0.39, 0.29) is 11.4 Å². The molecular formula is C15H11ClF6N2O2S. The summed E-state index contributed by atoms with van der Waals surface area (Å²) in [5.41, 5.74) is -1.73. The molecule has 0 fully saturated rings. The summed E-state index contributed by atoms with van der Waals surface area (Å²) >= 11 is 5.71. The van der Waals surface area contributed by atoms with Gasteiger partial charge in [-0.05, 0) is 30.3 Å². The van der Waals surface area contributed by atoms with Gasteiger partial charge in [0.15, 0.2) is 0 Å². The zero-order valence-electron chi connectivity index (χ0n) is 13.1. The number of nitrogens with one attached hydrogen (secondary N) is 2. The largest absolute Gasteiger partial charge is 0.416 e. The molecule has 0 bridgehead atoms. The fourth-order valence-corrected chi connectivity index (χ4v) is 3.61. The maximum atomic E-state index is 12.8. The highest BCUT2D eigenvalue weighted by molar-refractivity contribution is 7.92. The summed E-state index contributed by atoms with van der Waals surface area (Å²) in [6.45, 7) is -1.43. The topological polar surface area (TPSA) is 58.2 Å². The van der Waals surface area contributed by atoms with Gasteiger partial charge < -0.3 is 5.32 Å². The Morgan fingerprint density at radius 1 is 0.926 bits per heavy atom. The molecule has 0 aliphatic heterocycles. The normalized spacial score (nSPS) is 12.7. The molecule has 0 saturated carbocycles. The van der Waals surface area contributed by atoms with Crippen LogP contribution in [0.15, 0.2) is 47.4 Å². The van der Waals surface area contributed by atoms with Crippen LogP contribution in [0.25, 0.3) is 0 Å². The Morgan fingerprint density at radius 3 is 2.07 bits per heavy atom. The summed E-state index contributed by atoms with van der Waals surface area (Å²) in [5.74, 6) is 0. The second-order valence-electron chi connectivity index (χ2n) is 5.26. The number of hydrogen-bond donors (Lipinski definition) is 2. The molecule has 0 saturated heterocycles. The Balaban J connectivity index is 2.38. The van der Waals surface area contributed by atoms with Crippen LogP contribution in [0.2, 0.25) is 5.02 Å². The predicted molar refractivity (Wildman–Crippen MR) is 88.2 cm³/mol. The van der Waals surface area contributed by atoms with Gasteiger partial charge in [-0.15, -0.1) is 0 Å². The van der Waals surface area contributed by atoms with E-state index in [0.717, 1.165) is 12.1 Å². The van der Waals surface area contributed by atoms with Crippen molar-refractivity contribution in [2.45, 2.75) is 17.2 Å². The van der Waals surface area contributed by atoms with E-state index in [9.17, 15) is 34.8 Å². The minimum Gasteiger partial charge on any atom is -0.375 e. The fraction of sp³-hybridized carbons (Fsp3) is 0.200. The molecule has 2 aromatic carbocycles. The van der Waals surface area contributed by atoms with Gasteiger partial charge >= 0.3 is 12.4 Å². The van der Waals surface area contributed by atoms with Crippen LogP contribution in [0.1, 0.15) is 5.56 Å². The molecule has 2 N–H and O–H groups in total. The third-order valence-electron chi connectivity index (χ3n) is 3.20. The van der Waals surface area contributed by atoms with Crippen molar-refractivity contribution in [1.82, 2.24) is 0 Å². The molecular weight excluding hydrogens is 422 g/mol. The maximum Gasteiger partial charge on any atom is 0.416 e. The molecule has 4 nitrogen and oxygen atoms in total. The van der Waals surface area contributed by atoms with Crippen molar-refractivity contribution in [2.24, 2.45) is 0 Å². The lowest BCUT2D eigenvalue weighted by Gasteiger charge is -2.16. The first-order valence-corrected chi connectivity index (χ1v) is 8.95. The summed E-state index contributed by atoms with van der Waals surface area (Å²) in [6, 6.07) is 6.75. The van der Waals surface area contributed by atoms with Crippen molar-refractivity contribution in [3.05, 3.63) is 53.1 Å². The van der Waals surface area contributed by atoms with Crippen LogP contribution >= 0.6 is 11.6 Å². The van der Waals surface area contributed by atoms with Crippen molar-refractivity contribution in [2.75, 3.05) is 16.6 Å². The summed E-state index contributed by atoms with van der Waals surface area (Å²) in [6.07, 6.45) is -9.36. The number of anilines is 2. The predicted octanol–water partition coefficient (Wildman–Crippen LogP) is 5.13.